The number of hydrogen-bond acceptors (Lipinski definition) is 3. The molecule has 1 heterocycles. The fraction of sp³-hybridized carbons (Fsp3) is 0.111. The smallest absolute Gasteiger partial charge is 0.335 e. The number of anilines is 1. The lowest BCUT2D eigenvalue weighted by molar-refractivity contribution is 0.0697. The van der Waals surface area contributed by atoms with Crippen molar-refractivity contribution in [3.05, 3.63) is 65.4 Å². The van der Waals surface area contributed by atoms with Crippen molar-refractivity contribution in [2.45, 2.75) is 6.54 Å². The predicted octanol–water partition coefficient (Wildman–Crippen LogP) is 3.36. The Morgan fingerprint density at radius 2 is 1.91 bits per heavy atom. The third-order valence-corrected chi connectivity index (χ3v) is 3.93. The van der Waals surface area contributed by atoms with Gasteiger partial charge in [-0.25, -0.2) is 4.79 Å². The summed E-state index contributed by atoms with van der Waals surface area (Å²) in [5, 5.41) is 22.6. The first-order valence-electron chi connectivity index (χ1n) is 7.15. The van der Waals surface area contributed by atoms with Crippen molar-refractivity contribution >= 4 is 22.6 Å². The van der Waals surface area contributed by atoms with Crippen molar-refractivity contribution in [3.8, 4) is 6.07 Å². The van der Waals surface area contributed by atoms with Gasteiger partial charge in [-0.2, -0.15) is 5.26 Å². The van der Waals surface area contributed by atoms with Crippen LogP contribution in [-0.2, 0) is 13.6 Å². The van der Waals surface area contributed by atoms with Gasteiger partial charge in [-0.1, -0.05) is 18.2 Å². The molecule has 23 heavy (non-hydrogen) atoms. The molecule has 3 rings (SSSR count). The van der Waals surface area contributed by atoms with Crippen LogP contribution in [0.25, 0.3) is 10.9 Å². The maximum atomic E-state index is 10.9. The second-order valence-corrected chi connectivity index (χ2v) is 5.25. The number of aromatic carboxylic acids is 1. The normalized spacial score (nSPS) is 10.4. The van der Waals surface area contributed by atoms with Gasteiger partial charge >= 0.3 is 5.97 Å². The molecule has 2 aromatic carbocycles. The third kappa shape index (κ3) is 2.62. The van der Waals surface area contributed by atoms with Gasteiger partial charge in [0.15, 0.2) is 0 Å². The van der Waals surface area contributed by atoms with Crippen LogP contribution in [-0.4, -0.2) is 15.6 Å². The number of nitriles is 1. The molecule has 5 nitrogen and oxygen atoms in total. The lowest BCUT2D eigenvalue weighted by Crippen LogP contribution is -2.06. The first-order chi connectivity index (χ1) is 11.1. The van der Waals surface area contributed by atoms with E-state index < -0.39 is 5.97 Å². The fourth-order valence-corrected chi connectivity index (χ4v) is 2.69. The summed E-state index contributed by atoms with van der Waals surface area (Å²) < 4.78 is 2.01. The van der Waals surface area contributed by atoms with E-state index >= 15 is 0 Å². The average Bonchev–Trinajstić information content (AvgIpc) is 2.85. The van der Waals surface area contributed by atoms with Crippen LogP contribution in [0, 0.1) is 11.3 Å². The van der Waals surface area contributed by atoms with Crippen molar-refractivity contribution in [3.63, 3.8) is 0 Å². The molecule has 0 amide bonds. The molecule has 0 aliphatic rings. The van der Waals surface area contributed by atoms with Crippen molar-refractivity contribution < 1.29 is 9.90 Å². The van der Waals surface area contributed by atoms with Gasteiger partial charge in [0.25, 0.3) is 0 Å². The van der Waals surface area contributed by atoms with Gasteiger partial charge in [-0.15, -0.1) is 0 Å². The maximum absolute atomic E-state index is 10.9. The second kappa shape index (κ2) is 5.85. The van der Waals surface area contributed by atoms with E-state index in [1.165, 1.54) is 0 Å². The number of aryl methyl sites for hydroxylation is 1. The van der Waals surface area contributed by atoms with Crippen LogP contribution in [0.2, 0.25) is 0 Å². The van der Waals surface area contributed by atoms with E-state index in [9.17, 15) is 10.1 Å². The highest BCUT2D eigenvalue weighted by atomic mass is 16.4. The number of hydrogen-bond donors (Lipinski definition) is 2. The Labute approximate surface area is 133 Å². The quantitative estimate of drug-likeness (QED) is 0.774. The molecule has 0 aliphatic heterocycles. The molecule has 3 aromatic rings. The molecule has 0 spiro atoms. The molecule has 0 bridgehead atoms. The van der Waals surface area contributed by atoms with Crippen LogP contribution in [0.1, 0.15) is 21.6 Å². The fourth-order valence-electron chi connectivity index (χ4n) is 2.69. The predicted molar refractivity (Wildman–Crippen MR) is 88.4 cm³/mol. The van der Waals surface area contributed by atoms with E-state index in [2.05, 4.69) is 11.4 Å². The zero-order valence-electron chi connectivity index (χ0n) is 12.6. The largest absolute Gasteiger partial charge is 0.478 e. The second-order valence-electron chi connectivity index (χ2n) is 5.25. The summed E-state index contributed by atoms with van der Waals surface area (Å²) in [4.78, 5) is 10.9. The van der Waals surface area contributed by atoms with E-state index in [1.54, 1.807) is 24.3 Å². The Morgan fingerprint density at radius 1 is 1.22 bits per heavy atom. The zero-order valence-corrected chi connectivity index (χ0v) is 12.6. The van der Waals surface area contributed by atoms with Gasteiger partial charge in [0.1, 0.15) is 6.07 Å². The topological polar surface area (TPSA) is 78.1 Å². The summed E-state index contributed by atoms with van der Waals surface area (Å²) in [6.07, 6.45) is 0. The number of carbonyl (C=O) groups is 1. The highest BCUT2D eigenvalue weighted by Crippen LogP contribution is 2.25. The van der Waals surface area contributed by atoms with E-state index in [1.807, 2.05) is 35.9 Å². The van der Waals surface area contributed by atoms with E-state index in [0.717, 1.165) is 22.3 Å². The van der Waals surface area contributed by atoms with Crippen LogP contribution in [0.5, 0.6) is 0 Å². The molecule has 0 saturated carbocycles. The van der Waals surface area contributed by atoms with Crippen LogP contribution in [0.4, 0.5) is 5.69 Å². The number of rotatable bonds is 4. The summed E-state index contributed by atoms with van der Waals surface area (Å²) in [6, 6.07) is 16.6. The lowest BCUT2D eigenvalue weighted by Gasteiger charge is -2.09. The Bertz CT molecular complexity index is 918. The summed E-state index contributed by atoms with van der Waals surface area (Å²) >= 11 is 0. The zero-order chi connectivity index (χ0) is 16.4. The minimum absolute atomic E-state index is 0.248. The van der Waals surface area contributed by atoms with E-state index in [-0.39, 0.29) is 5.56 Å². The monoisotopic (exact) mass is 305 g/mol. The van der Waals surface area contributed by atoms with Gasteiger partial charge in [0.05, 0.1) is 23.4 Å². The molecule has 0 atom stereocenters. The Balaban J connectivity index is 1.89. The van der Waals surface area contributed by atoms with Gasteiger partial charge in [-0.05, 0) is 30.3 Å². The molecule has 114 valence electrons. The van der Waals surface area contributed by atoms with Crippen LogP contribution in [0.3, 0.4) is 0 Å². The van der Waals surface area contributed by atoms with Gasteiger partial charge in [0, 0.05) is 23.6 Å². The number of aromatic nitrogens is 1. The number of carboxylic acids is 1. The number of nitrogens with zero attached hydrogens (tertiary/aromatic N) is 2. The lowest BCUT2D eigenvalue weighted by atomic mass is 10.1. The highest BCUT2D eigenvalue weighted by Gasteiger charge is 2.14. The molecule has 0 aliphatic carbocycles. The number of benzene rings is 2. The molecule has 5 heteroatoms. The summed E-state index contributed by atoms with van der Waals surface area (Å²) in [5.74, 6) is -0.947. The van der Waals surface area contributed by atoms with Crippen LogP contribution >= 0.6 is 0 Å². The molecule has 2 N–H and O–H groups in total. The van der Waals surface area contributed by atoms with Crippen molar-refractivity contribution in [1.29, 1.82) is 5.26 Å². The molecule has 0 radical (unpaired) electrons. The first-order valence-corrected chi connectivity index (χ1v) is 7.15. The number of carboxylic acid groups (broad SMARTS) is 1. The maximum Gasteiger partial charge on any atom is 0.335 e. The summed E-state index contributed by atoms with van der Waals surface area (Å²) in [5.41, 5.74) is 3.64. The van der Waals surface area contributed by atoms with Crippen molar-refractivity contribution in [1.82, 2.24) is 4.57 Å². The molecular formula is C18H15N3O2. The van der Waals surface area contributed by atoms with Gasteiger partial charge in [0.2, 0.25) is 0 Å². The van der Waals surface area contributed by atoms with Crippen molar-refractivity contribution in [2.75, 3.05) is 5.32 Å². The minimum atomic E-state index is -0.947. The Morgan fingerprint density at radius 3 is 2.57 bits per heavy atom. The molecule has 0 fully saturated rings. The van der Waals surface area contributed by atoms with Crippen LogP contribution < -0.4 is 5.32 Å². The third-order valence-electron chi connectivity index (χ3n) is 3.93. The first kappa shape index (κ1) is 14.7. The minimum Gasteiger partial charge on any atom is -0.478 e. The van der Waals surface area contributed by atoms with E-state index in [0.29, 0.717) is 12.1 Å². The highest BCUT2D eigenvalue weighted by molar-refractivity contribution is 5.88. The van der Waals surface area contributed by atoms with Crippen molar-refractivity contribution in [2.24, 2.45) is 7.05 Å². The number of fused-ring (bicyclic) bond motifs is 1. The molecular weight excluding hydrogens is 290 g/mol. The summed E-state index contributed by atoms with van der Waals surface area (Å²) in [7, 11) is 1.94. The number of para-hydroxylation sites is 1. The standard InChI is InChI=1S/C18H15N3O2/c1-21-16-5-3-2-4-14(16)15(10-19)17(21)11-20-13-8-6-12(7-9-13)18(22)23/h2-9,20H,11H2,1H3,(H,22,23). The summed E-state index contributed by atoms with van der Waals surface area (Å²) in [6.45, 7) is 0.487. The molecule has 0 unspecified atom stereocenters. The van der Waals surface area contributed by atoms with Gasteiger partial charge in [-0.3, -0.25) is 0 Å². The average molecular weight is 305 g/mol. The van der Waals surface area contributed by atoms with E-state index in [4.69, 9.17) is 5.11 Å². The molecule has 0 saturated heterocycles. The Hall–Kier alpha value is -3.26. The van der Waals surface area contributed by atoms with Crippen LogP contribution in [0.15, 0.2) is 48.5 Å². The molecule has 1 aromatic heterocycles. The Kier molecular flexibility index (Phi) is 3.73. The van der Waals surface area contributed by atoms with Gasteiger partial charge < -0.3 is 15.0 Å². The SMILES string of the molecule is Cn1c(CNc2ccc(C(=O)O)cc2)c(C#N)c2ccccc21. The number of nitrogens with one attached hydrogen (secondary N) is 1.